The molecule has 0 saturated carbocycles. The van der Waals surface area contributed by atoms with E-state index in [2.05, 4.69) is 106 Å². The SMILES string of the molecule is CC1=[C-]C(C)C(C)=C1C.Cc1cc2c(-c3ccccc3)cccc2[cH-]1.[CH2]=[Zr+2].[Cl-].[Cl-]. The first-order valence-corrected chi connectivity index (χ1v) is 11.1. The largest absolute Gasteiger partial charge is 1.00 e. The molecular formula is C26H28Cl2Zr-2. The van der Waals surface area contributed by atoms with Gasteiger partial charge in [-0.3, -0.25) is 6.08 Å². The second kappa shape index (κ2) is 13.2. The maximum absolute atomic E-state index is 3.36. The molecule has 0 nitrogen and oxygen atoms in total. The number of aryl methyl sites for hydroxylation is 1. The van der Waals surface area contributed by atoms with Crippen LogP contribution >= 0.6 is 0 Å². The molecule has 0 bridgehead atoms. The third kappa shape index (κ3) is 6.96. The molecule has 1 atom stereocenters. The molecule has 29 heavy (non-hydrogen) atoms. The number of hydrogen-bond acceptors (Lipinski definition) is 0. The molecule has 1 aliphatic rings. The van der Waals surface area contributed by atoms with Crippen molar-refractivity contribution in [2.24, 2.45) is 5.92 Å². The molecule has 152 valence electrons. The molecule has 0 fully saturated rings. The van der Waals surface area contributed by atoms with Crippen molar-refractivity contribution < 1.29 is 49.0 Å². The minimum atomic E-state index is 0. The molecule has 0 amide bonds. The van der Waals surface area contributed by atoms with Gasteiger partial charge in [0.15, 0.2) is 0 Å². The smallest absolute Gasteiger partial charge is 1.00 e. The topological polar surface area (TPSA) is 0 Å². The number of halogens is 2. The molecule has 4 rings (SSSR count). The molecule has 0 saturated heterocycles. The minimum Gasteiger partial charge on any atom is -1.00 e. The molecule has 0 aromatic heterocycles. The van der Waals surface area contributed by atoms with Crippen LogP contribution in [0.3, 0.4) is 0 Å². The third-order valence-electron chi connectivity index (χ3n) is 5.22. The molecular weight excluding hydrogens is 474 g/mol. The fourth-order valence-corrected chi connectivity index (χ4v) is 3.42. The normalized spacial score (nSPS) is 14.6. The van der Waals surface area contributed by atoms with Crippen molar-refractivity contribution in [3.63, 3.8) is 0 Å². The van der Waals surface area contributed by atoms with E-state index < -0.39 is 0 Å². The zero-order valence-corrected chi connectivity index (χ0v) is 21.8. The van der Waals surface area contributed by atoms with Gasteiger partial charge in [0.1, 0.15) is 0 Å². The Balaban J connectivity index is 0.000000524. The van der Waals surface area contributed by atoms with Crippen molar-refractivity contribution in [3.05, 3.63) is 89.0 Å². The number of fused-ring (bicyclic) bond motifs is 1. The Morgan fingerprint density at radius 1 is 0.897 bits per heavy atom. The zero-order valence-electron chi connectivity index (χ0n) is 17.8. The van der Waals surface area contributed by atoms with E-state index in [1.807, 2.05) is 0 Å². The summed E-state index contributed by atoms with van der Waals surface area (Å²) in [5, 5.41) is 2.69. The summed E-state index contributed by atoms with van der Waals surface area (Å²) in [5.74, 6) is 0.560. The predicted molar refractivity (Wildman–Crippen MR) is 117 cm³/mol. The number of allylic oxidation sites excluding steroid dienone is 4. The van der Waals surface area contributed by atoms with Crippen LogP contribution in [0.1, 0.15) is 33.3 Å². The van der Waals surface area contributed by atoms with Gasteiger partial charge in [0.2, 0.25) is 0 Å². The predicted octanol–water partition coefficient (Wildman–Crippen LogP) is 1.23. The van der Waals surface area contributed by atoms with E-state index >= 15 is 0 Å². The number of benzene rings is 2. The molecule has 1 aliphatic carbocycles. The maximum atomic E-state index is 3.36. The van der Waals surface area contributed by atoms with Crippen molar-refractivity contribution in [2.75, 3.05) is 0 Å². The van der Waals surface area contributed by atoms with Gasteiger partial charge in [-0.05, 0) is 5.56 Å². The Morgan fingerprint density at radius 3 is 2.00 bits per heavy atom. The summed E-state index contributed by atoms with van der Waals surface area (Å²) in [5.41, 5.74) is 8.19. The van der Waals surface area contributed by atoms with Crippen molar-refractivity contribution >= 4 is 15.0 Å². The summed E-state index contributed by atoms with van der Waals surface area (Å²) in [4.78, 5) is 0. The van der Waals surface area contributed by atoms with Crippen LogP contribution in [-0.2, 0) is 24.2 Å². The van der Waals surface area contributed by atoms with Crippen LogP contribution in [0.5, 0.6) is 0 Å². The fourth-order valence-electron chi connectivity index (χ4n) is 3.42. The van der Waals surface area contributed by atoms with Crippen LogP contribution in [0, 0.1) is 18.9 Å². The van der Waals surface area contributed by atoms with Crippen LogP contribution in [0.2, 0.25) is 0 Å². The molecule has 0 spiro atoms. The van der Waals surface area contributed by atoms with Gasteiger partial charge in [-0.25, -0.2) is 5.57 Å². The molecule has 0 radical (unpaired) electrons. The van der Waals surface area contributed by atoms with Gasteiger partial charge < -0.3 is 24.8 Å². The summed E-state index contributed by atoms with van der Waals surface area (Å²) in [6.07, 6.45) is 3.36. The van der Waals surface area contributed by atoms with Gasteiger partial charge in [0.05, 0.1) is 0 Å². The van der Waals surface area contributed by atoms with E-state index in [-0.39, 0.29) is 24.8 Å². The Kier molecular flexibility index (Phi) is 12.7. The second-order valence-corrected chi connectivity index (χ2v) is 7.01. The molecule has 3 heteroatoms. The molecule has 3 aromatic carbocycles. The quantitative estimate of drug-likeness (QED) is 0.440. The standard InChI is InChI=1S/C16H13.C9H13.CH2.2ClH.Zr/c1-12-10-14-8-5-9-15(16(14)11-12)13-6-3-2-4-7-13;1-6-5-7(2)9(4)8(6)3;;;;/h2-11H,1H3;6H,1-4H3;1H2;2*1H;/q2*-1;;;;+2/p-2. The van der Waals surface area contributed by atoms with E-state index in [1.165, 1.54) is 68.4 Å². The minimum absolute atomic E-state index is 0. The Labute approximate surface area is 203 Å². The van der Waals surface area contributed by atoms with E-state index in [1.54, 1.807) is 0 Å². The van der Waals surface area contributed by atoms with Gasteiger partial charge in [-0.1, -0.05) is 75.6 Å². The number of hydrogen-bond donors (Lipinski definition) is 0. The van der Waals surface area contributed by atoms with Gasteiger partial charge in [-0.2, -0.15) is 17.2 Å². The van der Waals surface area contributed by atoms with E-state index in [0.717, 1.165) is 0 Å². The molecule has 0 N–H and O–H groups in total. The van der Waals surface area contributed by atoms with Gasteiger partial charge in [-0.15, -0.1) is 41.5 Å². The second-order valence-electron chi connectivity index (χ2n) is 7.01. The Hall–Kier alpha value is -1.14. The molecule has 1 unspecified atom stereocenters. The zero-order chi connectivity index (χ0) is 20.0. The van der Waals surface area contributed by atoms with Gasteiger partial charge in [0.25, 0.3) is 0 Å². The van der Waals surface area contributed by atoms with Crippen LogP contribution in [0.25, 0.3) is 21.9 Å². The van der Waals surface area contributed by atoms with E-state index in [4.69, 9.17) is 0 Å². The first kappa shape index (κ1) is 27.9. The van der Waals surface area contributed by atoms with Crippen LogP contribution in [0.15, 0.2) is 77.4 Å². The fraction of sp³-hybridized carbons (Fsp3) is 0.231. The molecule has 0 heterocycles. The average Bonchev–Trinajstić information content (AvgIpc) is 3.18. The van der Waals surface area contributed by atoms with Crippen molar-refractivity contribution in [3.8, 4) is 11.1 Å². The summed E-state index contributed by atoms with van der Waals surface area (Å²) in [6.45, 7) is 10.8. The summed E-state index contributed by atoms with van der Waals surface area (Å²) in [7, 11) is 0. The van der Waals surface area contributed by atoms with Crippen molar-refractivity contribution in [1.82, 2.24) is 0 Å². The first-order chi connectivity index (χ1) is 13.0. The Morgan fingerprint density at radius 2 is 1.52 bits per heavy atom. The maximum Gasteiger partial charge on any atom is -1.00 e. The summed E-state index contributed by atoms with van der Waals surface area (Å²) >= 11 is 1.30. The summed E-state index contributed by atoms with van der Waals surface area (Å²) < 4.78 is 3.34. The average molecular weight is 503 g/mol. The first-order valence-electron chi connectivity index (χ1n) is 9.32. The van der Waals surface area contributed by atoms with E-state index in [0.29, 0.717) is 5.92 Å². The molecule has 3 aromatic rings. The van der Waals surface area contributed by atoms with Crippen molar-refractivity contribution in [2.45, 2.75) is 34.6 Å². The van der Waals surface area contributed by atoms with Gasteiger partial charge >= 0.3 is 28.4 Å². The van der Waals surface area contributed by atoms with E-state index in [9.17, 15) is 0 Å². The Bertz CT molecular complexity index is 965. The van der Waals surface area contributed by atoms with Crippen LogP contribution in [0.4, 0.5) is 0 Å². The van der Waals surface area contributed by atoms with Crippen molar-refractivity contribution in [1.29, 1.82) is 0 Å². The van der Waals surface area contributed by atoms with Crippen LogP contribution < -0.4 is 24.8 Å². The number of rotatable bonds is 1. The van der Waals surface area contributed by atoms with Gasteiger partial charge in [0, 0.05) is 0 Å². The summed E-state index contributed by atoms with van der Waals surface area (Å²) in [6, 6.07) is 21.6. The molecule has 0 aliphatic heterocycles. The monoisotopic (exact) mass is 500 g/mol. The third-order valence-corrected chi connectivity index (χ3v) is 5.22. The van der Waals surface area contributed by atoms with Crippen LogP contribution in [-0.4, -0.2) is 4.21 Å².